The van der Waals surface area contributed by atoms with Gasteiger partial charge in [-0.25, -0.2) is 4.79 Å². The van der Waals surface area contributed by atoms with Crippen LogP contribution in [0.1, 0.15) is 32.1 Å². The highest BCUT2D eigenvalue weighted by Gasteiger charge is 2.29. The SMILES string of the molecule is O=C(N1CCCC1)N1CCC(N[C@H]2CCOC2)CC1. The lowest BCUT2D eigenvalue weighted by Crippen LogP contribution is -2.50. The van der Waals surface area contributed by atoms with Gasteiger partial charge in [-0.3, -0.25) is 0 Å². The van der Waals surface area contributed by atoms with Crippen molar-refractivity contribution >= 4 is 6.03 Å². The van der Waals surface area contributed by atoms with Gasteiger partial charge in [0, 0.05) is 44.9 Å². The lowest BCUT2D eigenvalue weighted by atomic mass is 10.0. The lowest BCUT2D eigenvalue weighted by molar-refractivity contribution is 0.141. The summed E-state index contributed by atoms with van der Waals surface area (Å²) in [5, 5.41) is 3.67. The van der Waals surface area contributed by atoms with Crippen molar-refractivity contribution in [3.8, 4) is 0 Å². The van der Waals surface area contributed by atoms with Gasteiger partial charge in [0.25, 0.3) is 0 Å². The van der Waals surface area contributed by atoms with Gasteiger partial charge in [-0.1, -0.05) is 0 Å². The smallest absolute Gasteiger partial charge is 0.319 e. The number of carbonyl (C=O) groups excluding carboxylic acids is 1. The number of piperidine rings is 1. The third-order valence-corrected chi connectivity index (χ3v) is 4.54. The first-order valence-corrected chi connectivity index (χ1v) is 7.70. The van der Waals surface area contributed by atoms with Crippen LogP contribution in [0.3, 0.4) is 0 Å². The normalized spacial score (nSPS) is 29.2. The molecule has 0 aromatic rings. The van der Waals surface area contributed by atoms with Crippen LogP contribution in [0.15, 0.2) is 0 Å². The summed E-state index contributed by atoms with van der Waals surface area (Å²) in [6.45, 7) is 5.46. The molecule has 3 aliphatic heterocycles. The Morgan fingerprint density at radius 3 is 2.26 bits per heavy atom. The number of ether oxygens (including phenoxy) is 1. The molecular formula is C14H25N3O2. The molecule has 3 rings (SSSR count). The van der Waals surface area contributed by atoms with Crippen molar-refractivity contribution in [2.24, 2.45) is 0 Å². The molecule has 0 radical (unpaired) electrons. The lowest BCUT2D eigenvalue weighted by Gasteiger charge is -2.35. The zero-order valence-corrected chi connectivity index (χ0v) is 11.6. The Kier molecular flexibility index (Phi) is 4.23. The van der Waals surface area contributed by atoms with Gasteiger partial charge in [-0.2, -0.15) is 0 Å². The monoisotopic (exact) mass is 267 g/mol. The Morgan fingerprint density at radius 2 is 1.63 bits per heavy atom. The second-order valence-electron chi connectivity index (χ2n) is 5.97. The highest BCUT2D eigenvalue weighted by molar-refractivity contribution is 5.74. The number of hydrogen-bond acceptors (Lipinski definition) is 3. The highest BCUT2D eigenvalue weighted by atomic mass is 16.5. The maximum absolute atomic E-state index is 12.3. The maximum Gasteiger partial charge on any atom is 0.319 e. The number of hydrogen-bond donors (Lipinski definition) is 1. The number of nitrogens with zero attached hydrogens (tertiary/aromatic N) is 2. The minimum atomic E-state index is 0.264. The van der Waals surface area contributed by atoms with Crippen molar-refractivity contribution in [2.45, 2.75) is 44.2 Å². The molecule has 3 aliphatic rings. The molecule has 0 spiro atoms. The second-order valence-corrected chi connectivity index (χ2v) is 5.97. The van der Waals surface area contributed by atoms with Crippen molar-refractivity contribution in [3.05, 3.63) is 0 Å². The Morgan fingerprint density at radius 1 is 0.947 bits per heavy atom. The van der Waals surface area contributed by atoms with Crippen LogP contribution in [0.25, 0.3) is 0 Å². The second kappa shape index (κ2) is 6.09. The molecule has 0 unspecified atom stereocenters. The average molecular weight is 267 g/mol. The van der Waals surface area contributed by atoms with Crippen molar-refractivity contribution in [2.75, 3.05) is 39.4 Å². The van der Waals surface area contributed by atoms with Crippen molar-refractivity contribution in [1.29, 1.82) is 0 Å². The Balaban J connectivity index is 1.42. The minimum Gasteiger partial charge on any atom is -0.380 e. The maximum atomic E-state index is 12.3. The molecule has 3 heterocycles. The summed E-state index contributed by atoms with van der Waals surface area (Å²) < 4.78 is 5.39. The van der Waals surface area contributed by atoms with Gasteiger partial charge in [0.15, 0.2) is 0 Å². The molecule has 3 fully saturated rings. The van der Waals surface area contributed by atoms with Crippen LogP contribution < -0.4 is 5.32 Å². The third-order valence-electron chi connectivity index (χ3n) is 4.54. The van der Waals surface area contributed by atoms with Crippen molar-refractivity contribution in [1.82, 2.24) is 15.1 Å². The number of likely N-dealkylation sites (tertiary alicyclic amines) is 2. The standard InChI is InChI=1S/C14H25N3O2/c18-14(16-6-1-2-7-16)17-8-3-12(4-9-17)15-13-5-10-19-11-13/h12-13,15H,1-11H2/t13-/m0/s1. The highest BCUT2D eigenvalue weighted by Crippen LogP contribution is 2.17. The quantitative estimate of drug-likeness (QED) is 0.813. The molecule has 19 heavy (non-hydrogen) atoms. The molecule has 3 saturated heterocycles. The van der Waals surface area contributed by atoms with E-state index in [1.54, 1.807) is 0 Å². The number of amides is 2. The largest absolute Gasteiger partial charge is 0.380 e. The summed E-state index contributed by atoms with van der Waals surface area (Å²) in [5.41, 5.74) is 0. The third kappa shape index (κ3) is 3.20. The number of rotatable bonds is 2. The molecule has 1 N–H and O–H groups in total. The summed E-state index contributed by atoms with van der Waals surface area (Å²) in [4.78, 5) is 16.3. The summed E-state index contributed by atoms with van der Waals surface area (Å²) in [7, 11) is 0. The van der Waals surface area contributed by atoms with E-state index in [4.69, 9.17) is 4.74 Å². The summed E-state index contributed by atoms with van der Waals surface area (Å²) >= 11 is 0. The van der Waals surface area contributed by atoms with E-state index in [0.717, 1.165) is 58.7 Å². The van der Waals surface area contributed by atoms with E-state index in [2.05, 4.69) is 5.32 Å². The molecule has 1 atom stereocenters. The van der Waals surface area contributed by atoms with Crippen LogP contribution in [0.2, 0.25) is 0 Å². The van der Waals surface area contributed by atoms with E-state index >= 15 is 0 Å². The van der Waals surface area contributed by atoms with Crippen molar-refractivity contribution < 1.29 is 9.53 Å². The molecule has 0 saturated carbocycles. The van der Waals surface area contributed by atoms with Crippen LogP contribution in [0, 0.1) is 0 Å². The van der Waals surface area contributed by atoms with Crippen LogP contribution in [0.4, 0.5) is 4.79 Å². The molecule has 2 amide bonds. The van der Waals surface area contributed by atoms with E-state index in [-0.39, 0.29) is 6.03 Å². The molecule has 0 bridgehead atoms. The van der Waals surface area contributed by atoms with Gasteiger partial charge in [-0.15, -0.1) is 0 Å². The number of nitrogens with one attached hydrogen (secondary N) is 1. The number of urea groups is 1. The van der Waals surface area contributed by atoms with Gasteiger partial charge in [0.1, 0.15) is 0 Å². The van der Waals surface area contributed by atoms with Crippen molar-refractivity contribution in [3.63, 3.8) is 0 Å². The van der Waals surface area contributed by atoms with E-state index in [9.17, 15) is 4.79 Å². The first kappa shape index (κ1) is 13.2. The van der Waals surface area contributed by atoms with E-state index in [0.29, 0.717) is 12.1 Å². The summed E-state index contributed by atoms with van der Waals surface area (Å²) in [6.07, 6.45) is 5.63. The zero-order valence-electron chi connectivity index (χ0n) is 11.6. The van der Waals surface area contributed by atoms with E-state index < -0.39 is 0 Å². The van der Waals surface area contributed by atoms with Gasteiger partial charge in [0.2, 0.25) is 0 Å². The molecule has 0 aliphatic carbocycles. The van der Waals surface area contributed by atoms with Crippen LogP contribution >= 0.6 is 0 Å². The predicted molar refractivity (Wildman–Crippen MR) is 73.2 cm³/mol. The topological polar surface area (TPSA) is 44.8 Å². The minimum absolute atomic E-state index is 0.264. The first-order valence-electron chi connectivity index (χ1n) is 7.70. The number of carbonyl (C=O) groups is 1. The first-order chi connectivity index (χ1) is 9.33. The molecule has 108 valence electrons. The van der Waals surface area contributed by atoms with E-state index in [1.165, 1.54) is 12.8 Å². The fourth-order valence-electron chi connectivity index (χ4n) is 3.35. The fourth-order valence-corrected chi connectivity index (χ4v) is 3.35. The molecule has 0 aromatic heterocycles. The molecule has 0 aromatic carbocycles. The zero-order chi connectivity index (χ0) is 13.1. The Labute approximate surface area is 115 Å². The van der Waals surface area contributed by atoms with E-state index in [1.807, 2.05) is 9.80 Å². The Bertz CT molecular complexity index is 304. The van der Waals surface area contributed by atoms with Crippen LogP contribution in [0.5, 0.6) is 0 Å². The van der Waals surface area contributed by atoms with Gasteiger partial charge < -0.3 is 19.9 Å². The average Bonchev–Trinajstić information content (AvgIpc) is 3.12. The van der Waals surface area contributed by atoms with Gasteiger partial charge in [0.05, 0.1) is 6.61 Å². The molecular weight excluding hydrogens is 242 g/mol. The Hall–Kier alpha value is -0.810. The summed E-state index contributed by atoms with van der Waals surface area (Å²) in [6, 6.07) is 1.36. The van der Waals surface area contributed by atoms with Gasteiger partial charge in [-0.05, 0) is 32.1 Å². The fraction of sp³-hybridized carbons (Fsp3) is 0.929. The predicted octanol–water partition coefficient (Wildman–Crippen LogP) is 1.05. The molecule has 5 heteroatoms. The summed E-state index contributed by atoms with van der Waals surface area (Å²) in [5.74, 6) is 0. The van der Waals surface area contributed by atoms with Gasteiger partial charge >= 0.3 is 6.03 Å². The molecule has 5 nitrogen and oxygen atoms in total. The van der Waals surface area contributed by atoms with Crippen LogP contribution in [-0.4, -0.2) is 67.3 Å². The van der Waals surface area contributed by atoms with Crippen LogP contribution in [-0.2, 0) is 4.74 Å².